The van der Waals surface area contributed by atoms with Crippen LogP contribution in [0.1, 0.15) is 36.4 Å². The van der Waals surface area contributed by atoms with Gasteiger partial charge in [0.15, 0.2) is 0 Å². The highest BCUT2D eigenvalue weighted by Crippen LogP contribution is 2.25. The molecule has 0 aromatic carbocycles. The van der Waals surface area contributed by atoms with Crippen molar-refractivity contribution in [2.75, 3.05) is 13.1 Å². The van der Waals surface area contributed by atoms with Gasteiger partial charge in [-0.1, -0.05) is 5.16 Å². The molecule has 1 fully saturated rings. The number of amides is 1. The van der Waals surface area contributed by atoms with E-state index in [4.69, 9.17) is 4.52 Å². The van der Waals surface area contributed by atoms with Crippen molar-refractivity contribution in [2.24, 2.45) is 5.92 Å². The van der Waals surface area contributed by atoms with Crippen LogP contribution in [0.3, 0.4) is 0 Å². The average molecular weight is 394 g/mol. The number of aromatic nitrogens is 5. The molecule has 1 unspecified atom stereocenters. The van der Waals surface area contributed by atoms with E-state index >= 15 is 0 Å². The van der Waals surface area contributed by atoms with E-state index in [1.807, 2.05) is 41.9 Å². The molecule has 4 heterocycles. The van der Waals surface area contributed by atoms with Gasteiger partial charge in [0.1, 0.15) is 5.76 Å². The molecule has 1 saturated heterocycles. The standard InChI is InChI=1S/C21H26N6O2/c1-15-21(16(2)29-25-15)19-13-22-18(12-23-19)11-17-6-10-26(14-17)20(28)5-3-8-27-9-4-7-24-27/h4,7,9,12-13,17H,3,5-6,8,10-11,14H2,1-2H3. The van der Waals surface area contributed by atoms with E-state index < -0.39 is 0 Å². The lowest BCUT2D eigenvalue weighted by atomic mass is 10.0. The third-order valence-electron chi connectivity index (χ3n) is 5.47. The summed E-state index contributed by atoms with van der Waals surface area (Å²) in [6.07, 6.45) is 10.5. The predicted molar refractivity (Wildman–Crippen MR) is 107 cm³/mol. The summed E-state index contributed by atoms with van der Waals surface area (Å²) in [5, 5.41) is 8.15. The molecule has 3 aromatic heterocycles. The summed E-state index contributed by atoms with van der Waals surface area (Å²) in [5.74, 6) is 1.42. The molecule has 3 aromatic rings. The predicted octanol–water partition coefficient (Wildman–Crippen LogP) is 2.82. The first kappa shape index (κ1) is 19.3. The molecule has 1 aliphatic rings. The zero-order valence-electron chi connectivity index (χ0n) is 16.9. The molecule has 8 heteroatoms. The molecular formula is C21H26N6O2. The van der Waals surface area contributed by atoms with Crippen molar-refractivity contribution in [2.45, 2.75) is 46.1 Å². The Morgan fingerprint density at radius 2 is 2.17 bits per heavy atom. The first-order chi connectivity index (χ1) is 14.1. The van der Waals surface area contributed by atoms with Gasteiger partial charge in [-0.15, -0.1) is 0 Å². The smallest absolute Gasteiger partial charge is 0.222 e. The van der Waals surface area contributed by atoms with Crippen molar-refractivity contribution in [3.63, 3.8) is 0 Å². The molecular weight excluding hydrogens is 368 g/mol. The van der Waals surface area contributed by atoms with Crippen LogP contribution in [0.25, 0.3) is 11.3 Å². The lowest BCUT2D eigenvalue weighted by molar-refractivity contribution is -0.130. The number of aryl methyl sites for hydroxylation is 3. The fourth-order valence-corrected chi connectivity index (χ4v) is 3.94. The van der Waals surface area contributed by atoms with E-state index in [0.29, 0.717) is 12.3 Å². The first-order valence-corrected chi connectivity index (χ1v) is 10.1. The summed E-state index contributed by atoms with van der Waals surface area (Å²) in [6, 6.07) is 1.90. The monoisotopic (exact) mass is 394 g/mol. The maximum Gasteiger partial charge on any atom is 0.222 e. The topological polar surface area (TPSA) is 89.9 Å². The van der Waals surface area contributed by atoms with Crippen molar-refractivity contribution >= 4 is 5.91 Å². The van der Waals surface area contributed by atoms with Gasteiger partial charge in [-0.05, 0) is 45.1 Å². The number of hydrogen-bond acceptors (Lipinski definition) is 6. The molecule has 0 saturated carbocycles. The van der Waals surface area contributed by atoms with Gasteiger partial charge in [0.25, 0.3) is 0 Å². The summed E-state index contributed by atoms with van der Waals surface area (Å²) < 4.78 is 7.08. The lowest BCUT2D eigenvalue weighted by Gasteiger charge is -2.16. The Morgan fingerprint density at radius 3 is 2.86 bits per heavy atom. The average Bonchev–Trinajstić information content (AvgIpc) is 3.45. The molecule has 0 aliphatic carbocycles. The quantitative estimate of drug-likeness (QED) is 0.612. The highest BCUT2D eigenvalue weighted by atomic mass is 16.5. The Labute approximate surface area is 169 Å². The van der Waals surface area contributed by atoms with Crippen LogP contribution in [0.5, 0.6) is 0 Å². The Kier molecular flexibility index (Phi) is 5.69. The minimum atomic E-state index is 0.236. The maximum atomic E-state index is 12.5. The van der Waals surface area contributed by atoms with E-state index in [0.717, 1.165) is 67.3 Å². The van der Waals surface area contributed by atoms with E-state index in [1.54, 1.807) is 12.4 Å². The third kappa shape index (κ3) is 4.52. The minimum Gasteiger partial charge on any atom is -0.361 e. The van der Waals surface area contributed by atoms with E-state index in [-0.39, 0.29) is 5.91 Å². The molecule has 0 bridgehead atoms. The second kappa shape index (κ2) is 8.55. The summed E-state index contributed by atoms with van der Waals surface area (Å²) >= 11 is 0. The number of carbonyl (C=O) groups excluding carboxylic acids is 1. The molecule has 1 aliphatic heterocycles. The molecule has 0 N–H and O–H groups in total. The Bertz CT molecular complexity index is 929. The number of nitrogens with zero attached hydrogens (tertiary/aromatic N) is 6. The molecule has 152 valence electrons. The van der Waals surface area contributed by atoms with Crippen molar-refractivity contribution in [3.8, 4) is 11.3 Å². The number of likely N-dealkylation sites (tertiary alicyclic amines) is 1. The van der Waals surface area contributed by atoms with Crippen molar-refractivity contribution in [1.82, 2.24) is 29.8 Å². The highest BCUT2D eigenvalue weighted by molar-refractivity contribution is 5.76. The fraction of sp³-hybridized carbons (Fsp3) is 0.476. The number of carbonyl (C=O) groups is 1. The number of hydrogen-bond donors (Lipinski definition) is 0. The molecule has 4 rings (SSSR count). The fourth-order valence-electron chi connectivity index (χ4n) is 3.94. The van der Waals surface area contributed by atoms with E-state index in [2.05, 4.69) is 20.2 Å². The van der Waals surface area contributed by atoms with Crippen LogP contribution in [-0.4, -0.2) is 48.8 Å². The molecule has 1 amide bonds. The van der Waals surface area contributed by atoms with Crippen LogP contribution in [-0.2, 0) is 17.8 Å². The highest BCUT2D eigenvalue weighted by Gasteiger charge is 2.26. The molecule has 29 heavy (non-hydrogen) atoms. The molecule has 0 spiro atoms. The van der Waals surface area contributed by atoms with Gasteiger partial charge in [-0.25, -0.2) is 0 Å². The van der Waals surface area contributed by atoms with E-state index in [1.165, 1.54) is 0 Å². The van der Waals surface area contributed by atoms with Gasteiger partial charge in [0.05, 0.1) is 28.8 Å². The molecule has 0 radical (unpaired) electrons. The second-order valence-electron chi connectivity index (χ2n) is 7.66. The van der Waals surface area contributed by atoms with Crippen LogP contribution in [0.2, 0.25) is 0 Å². The molecule has 8 nitrogen and oxygen atoms in total. The zero-order chi connectivity index (χ0) is 20.2. The van der Waals surface area contributed by atoms with Crippen LogP contribution in [0.4, 0.5) is 0 Å². The Balaban J connectivity index is 1.27. The van der Waals surface area contributed by atoms with Gasteiger partial charge in [-0.3, -0.25) is 19.4 Å². The van der Waals surface area contributed by atoms with Gasteiger partial charge >= 0.3 is 0 Å². The first-order valence-electron chi connectivity index (χ1n) is 10.1. The maximum absolute atomic E-state index is 12.5. The largest absolute Gasteiger partial charge is 0.361 e. The third-order valence-corrected chi connectivity index (χ3v) is 5.47. The van der Waals surface area contributed by atoms with Crippen molar-refractivity contribution in [3.05, 3.63) is 48.0 Å². The van der Waals surface area contributed by atoms with Gasteiger partial charge < -0.3 is 9.42 Å². The molecule has 1 atom stereocenters. The van der Waals surface area contributed by atoms with Gasteiger partial charge in [0, 0.05) is 44.6 Å². The van der Waals surface area contributed by atoms with Crippen LogP contribution >= 0.6 is 0 Å². The van der Waals surface area contributed by atoms with Crippen molar-refractivity contribution in [1.29, 1.82) is 0 Å². The summed E-state index contributed by atoms with van der Waals surface area (Å²) in [5.41, 5.74) is 3.47. The SMILES string of the molecule is Cc1noc(C)c1-c1cnc(CC2CCN(C(=O)CCCn3cccn3)C2)cn1. The van der Waals surface area contributed by atoms with Crippen LogP contribution in [0.15, 0.2) is 35.4 Å². The van der Waals surface area contributed by atoms with Gasteiger partial charge in [0.2, 0.25) is 5.91 Å². The van der Waals surface area contributed by atoms with E-state index in [9.17, 15) is 4.79 Å². The Morgan fingerprint density at radius 1 is 1.28 bits per heavy atom. The lowest BCUT2D eigenvalue weighted by Crippen LogP contribution is -2.29. The zero-order valence-corrected chi connectivity index (χ0v) is 16.9. The summed E-state index contributed by atoms with van der Waals surface area (Å²) in [4.78, 5) is 23.6. The summed E-state index contributed by atoms with van der Waals surface area (Å²) in [7, 11) is 0. The normalized spacial score (nSPS) is 16.5. The minimum absolute atomic E-state index is 0.236. The Hall–Kier alpha value is -3.03. The van der Waals surface area contributed by atoms with Crippen LogP contribution < -0.4 is 0 Å². The van der Waals surface area contributed by atoms with Gasteiger partial charge in [-0.2, -0.15) is 5.10 Å². The van der Waals surface area contributed by atoms with Crippen LogP contribution in [0, 0.1) is 19.8 Å². The number of rotatable bonds is 7. The second-order valence-corrected chi connectivity index (χ2v) is 7.66. The van der Waals surface area contributed by atoms with Crippen molar-refractivity contribution < 1.29 is 9.32 Å². The summed E-state index contributed by atoms with van der Waals surface area (Å²) in [6.45, 7) is 6.19.